The number of carbonyl (C=O) groups is 1. The van der Waals surface area contributed by atoms with E-state index in [9.17, 15) is 4.79 Å². The van der Waals surface area contributed by atoms with Crippen molar-refractivity contribution in [2.24, 2.45) is 0 Å². The second-order valence-corrected chi connectivity index (χ2v) is 9.26. The van der Waals surface area contributed by atoms with Gasteiger partial charge >= 0.3 is 0 Å². The molecule has 1 aliphatic heterocycles. The number of nitrogens with zero attached hydrogens (tertiary/aromatic N) is 4. The highest BCUT2D eigenvalue weighted by Gasteiger charge is 2.23. The lowest BCUT2D eigenvalue weighted by Crippen LogP contribution is -2.41. The number of nitrogens with one attached hydrogen (secondary N) is 4. The second kappa shape index (κ2) is 10.2. The molecule has 1 amide bonds. The smallest absolute Gasteiger partial charge is 0.221 e. The molecule has 0 unspecified atom stereocenters. The molecule has 3 heterocycles. The van der Waals surface area contributed by atoms with E-state index in [0.29, 0.717) is 11.2 Å². The number of anilines is 4. The van der Waals surface area contributed by atoms with Crippen LogP contribution >= 0.6 is 11.8 Å². The fourth-order valence-corrected chi connectivity index (χ4v) is 4.61. The maximum Gasteiger partial charge on any atom is 0.221 e. The monoisotopic (exact) mass is 466 g/mol. The van der Waals surface area contributed by atoms with Crippen LogP contribution in [0, 0.1) is 13.8 Å². The summed E-state index contributed by atoms with van der Waals surface area (Å²) in [6, 6.07) is 10.2. The minimum atomic E-state index is -0.0896. The molecule has 0 spiro atoms. The number of hydrogen-bond donors (Lipinski definition) is 4. The summed E-state index contributed by atoms with van der Waals surface area (Å²) in [6.45, 7) is 7.41. The Hall–Kier alpha value is -3.11. The predicted molar refractivity (Wildman–Crippen MR) is 133 cm³/mol. The molecule has 4 rings (SSSR count). The van der Waals surface area contributed by atoms with Crippen molar-refractivity contribution in [3.63, 3.8) is 0 Å². The van der Waals surface area contributed by atoms with Crippen molar-refractivity contribution < 1.29 is 4.79 Å². The van der Waals surface area contributed by atoms with Gasteiger partial charge in [0.15, 0.2) is 11.0 Å². The number of aromatic nitrogens is 4. The Kier molecular flexibility index (Phi) is 7.14. The molecule has 1 aliphatic rings. The van der Waals surface area contributed by atoms with Crippen LogP contribution in [0.3, 0.4) is 0 Å². The van der Waals surface area contributed by atoms with Crippen LogP contribution in [0.2, 0.25) is 0 Å². The molecule has 1 fully saturated rings. The lowest BCUT2D eigenvalue weighted by atomic mass is 10.0. The molecule has 0 radical (unpaired) electrons. The van der Waals surface area contributed by atoms with E-state index >= 15 is 0 Å². The van der Waals surface area contributed by atoms with Gasteiger partial charge in [-0.25, -0.2) is 9.97 Å². The van der Waals surface area contributed by atoms with Crippen molar-refractivity contribution in [2.45, 2.75) is 49.7 Å². The molecule has 0 saturated carbocycles. The van der Waals surface area contributed by atoms with E-state index in [1.165, 1.54) is 18.7 Å². The second-order valence-electron chi connectivity index (χ2n) is 8.22. The SMILES string of the molecule is CNC1CCN(c2nc(Sc3ccc(NC(C)=O)cc3)nc(Nc3cc(C)[nH]n3)c2C)CC1. The average Bonchev–Trinajstić information content (AvgIpc) is 3.21. The predicted octanol–water partition coefficient (Wildman–Crippen LogP) is 3.86. The number of amides is 1. The lowest BCUT2D eigenvalue weighted by molar-refractivity contribution is -0.114. The van der Waals surface area contributed by atoms with E-state index < -0.39 is 0 Å². The first-order chi connectivity index (χ1) is 15.9. The number of aryl methyl sites for hydroxylation is 1. The van der Waals surface area contributed by atoms with Crippen molar-refractivity contribution in [1.82, 2.24) is 25.5 Å². The van der Waals surface area contributed by atoms with Gasteiger partial charge in [0.1, 0.15) is 11.6 Å². The molecule has 0 bridgehead atoms. The molecule has 33 heavy (non-hydrogen) atoms. The van der Waals surface area contributed by atoms with Crippen molar-refractivity contribution in [2.75, 3.05) is 35.7 Å². The highest BCUT2D eigenvalue weighted by Crippen LogP contribution is 2.33. The molecule has 9 nitrogen and oxygen atoms in total. The topological polar surface area (TPSA) is 111 Å². The van der Waals surface area contributed by atoms with Gasteiger partial charge in [0.2, 0.25) is 5.91 Å². The van der Waals surface area contributed by atoms with Gasteiger partial charge < -0.3 is 20.9 Å². The molecule has 3 aromatic rings. The van der Waals surface area contributed by atoms with E-state index in [1.807, 2.05) is 44.3 Å². The molecule has 4 N–H and O–H groups in total. The van der Waals surface area contributed by atoms with Gasteiger partial charge in [0.05, 0.1) is 0 Å². The van der Waals surface area contributed by atoms with E-state index in [1.54, 1.807) is 0 Å². The molecule has 0 atom stereocenters. The van der Waals surface area contributed by atoms with Crippen LogP contribution < -0.4 is 20.9 Å². The third kappa shape index (κ3) is 5.82. The van der Waals surface area contributed by atoms with Crippen LogP contribution in [0.4, 0.5) is 23.1 Å². The molecule has 174 valence electrons. The summed E-state index contributed by atoms with van der Waals surface area (Å²) in [5, 5.41) is 17.5. The van der Waals surface area contributed by atoms with Crippen LogP contribution in [0.15, 0.2) is 40.4 Å². The summed E-state index contributed by atoms with van der Waals surface area (Å²) in [6.07, 6.45) is 2.16. The van der Waals surface area contributed by atoms with E-state index in [0.717, 1.165) is 65.2 Å². The minimum absolute atomic E-state index is 0.0896. The minimum Gasteiger partial charge on any atom is -0.356 e. The van der Waals surface area contributed by atoms with Gasteiger partial charge in [-0.05, 0) is 69.8 Å². The van der Waals surface area contributed by atoms with Gasteiger partial charge in [-0.1, -0.05) is 0 Å². The summed E-state index contributed by atoms with van der Waals surface area (Å²) in [4.78, 5) is 24.4. The fraction of sp³-hybridized carbons (Fsp3) is 0.391. The third-order valence-corrected chi connectivity index (χ3v) is 6.51. The lowest BCUT2D eigenvalue weighted by Gasteiger charge is -2.33. The number of aromatic amines is 1. The first-order valence-corrected chi connectivity index (χ1v) is 11.9. The number of H-pyrrole nitrogens is 1. The maximum absolute atomic E-state index is 11.3. The van der Waals surface area contributed by atoms with Gasteiger partial charge in [0.25, 0.3) is 0 Å². The fourth-order valence-electron chi connectivity index (χ4n) is 3.86. The molecule has 1 saturated heterocycles. The van der Waals surface area contributed by atoms with Gasteiger partial charge in [-0.15, -0.1) is 0 Å². The number of benzene rings is 1. The summed E-state index contributed by atoms with van der Waals surface area (Å²) in [7, 11) is 2.02. The normalized spacial score (nSPS) is 14.4. The molecule has 10 heteroatoms. The zero-order valence-corrected chi connectivity index (χ0v) is 20.2. The Balaban J connectivity index is 1.62. The number of hydrogen-bond acceptors (Lipinski definition) is 8. The van der Waals surface area contributed by atoms with Crippen molar-refractivity contribution in [3.05, 3.63) is 41.6 Å². The van der Waals surface area contributed by atoms with Gasteiger partial charge in [0, 0.05) is 54.0 Å². The van der Waals surface area contributed by atoms with E-state index in [-0.39, 0.29) is 5.91 Å². The number of carbonyl (C=O) groups excluding carboxylic acids is 1. The van der Waals surface area contributed by atoms with Crippen LogP contribution in [0.25, 0.3) is 0 Å². The first-order valence-electron chi connectivity index (χ1n) is 11.1. The third-order valence-electron chi connectivity index (χ3n) is 5.64. The Morgan fingerprint density at radius 2 is 1.88 bits per heavy atom. The zero-order chi connectivity index (χ0) is 23.4. The maximum atomic E-state index is 11.3. The summed E-state index contributed by atoms with van der Waals surface area (Å²) in [5.74, 6) is 2.34. The van der Waals surface area contributed by atoms with Crippen LogP contribution in [0.1, 0.15) is 31.0 Å². The van der Waals surface area contributed by atoms with E-state index in [2.05, 4.69) is 38.0 Å². The summed E-state index contributed by atoms with van der Waals surface area (Å²) in [5.41, 5.74) is 2.75. The van der Waals surface area contributed by atoms with Gasteiger partial charge in [-0.3, -0.25) is 9.89 Å². The van der Waals surface area contributed by atoms with Crippen molar-refractivity contribution in [3.8, 4) is 0 Å². The number of piperidine rings is 1. The summed E-state index contributed by atoms with van der Waals surface area (Å²) < 4.78 is 0. The standard InChI is InChI=1S/C23H30N8OS/c1-14-13-20(30-29-14)26-21-15(2)22(31-11-9-17(24-4)10-12-31)28-23(27-21)33-19-7-5-18(6-8-19)25-16(3)32/h5-8,13,17,24H,9-12H2,1-4H3,(H,25,32)(H2,26,27,28,29,30). The summed E-state index contributed by atoms with van der Waals surface area (Å²) >= 11 is 1.49. The molecule has 1 aromatic carbocycles. The Labute approximate surface area is 198 Å². The molecular weight excluding hydrogens is 436 g/mol. The Morgan fingerprint density at radius 3 is 2.48 bits per heavy atom. The Bertz CT molecular complexity index is 1110. The Morgan fingerprint density at radius 1 is 1.15 bits per heavy atom. The quantitative estimate of drug-likeness (QED) is 0.389. The highest BCUT2D eigenvalue weighted by molar-refractivity contribution is 7.99. The van der Waals surface area contributed by atoms with E-state index in [4.69, 9.17) is 9.97 Å². The largest absolute Gasteiger partial charge is 0.356 e. The van der Waals surface area contributed by atoms with Crippen molar-refractivity contribution in [1.29, 1.82) is 0 Å². The number of rotatable bonds is 7. The van der Waals surface area contributed by atoms with Gasteiger partial charge in [-0.2, -0.15) is 5.10 Å². The molecule has 2 aromatic heterocycles. The zero-order valence-electron chi connectivity index (χ0n) is 19.4. The van der Waals surface area contributed by atoms with Crippen LogP contribution in [-0.2, 0) is 4.79 Å². The molecular formula is C23H30N8OS. The highest BCUT2D eigenvalue weighted by atomic mass is 32.2. The van der Waals surface area contributed by atoms with Crippen LogP contribution in [0.5, 0.6) is 0 Å². The van der Waals surface area contributed by atoms with Crippen LogP contribution in [-0.4, -0.2) is 52.3 Å². The molecule has 0 aliphatic carbocycles. The van der Waals surface area contributed by atoms with Crippen molar-refractivity contribution >= 4 is 40.8 Å². The first kappa shape index (κ1) is 23.1. The average molecular weight is 467 g/mol.